The number of fused-ring (bicyclic) bond motifs is 1. The van der Waals surface area contributed by atoms with Crippen molar-refractivity contribution in [1.29, 1.82) is 0 Å². The summed E-state index contributed by atoms with van der Waals surface area (Å²) in [5.74, 6) is 1.97. The van der Waals surface area contributed by atoms with E-state index in [2.05, 4.69) is 15.6 Å². The zero-order chi connectivity index (χ0) is 19.0. The molecule has 1 N–H and O–H groups in total. The Morgan fingerprint density at radius 2 is 1.89 bits per heavy atom. The van der Waals surface area contributed by atoms with Gasteiger partial charge in [-0.2, -0.15) is 0 Å². The Bertz CT molecular complexity index is 802. The van der Waals surface area contributed by atoms with E-state index in [0.717, 1.165) is 43.3 Å². The summed E-state index contributed by atoms with van der Waals surface area (Å²) in [6.07, 6.45) is 0.827. The first-order valence-corrected chi connectivity index (χ1v) is 9.78. The second-order valence-electron chi connectivity index (χ2n) is 7.70. The lowest BCUT2D eigenvalue weighted by molar-refractivity contribution is 0.0774. The molecule has 2 saturated heterocycles. The Morgan fingerprint density at radius 1 is 1.22 bits per heavy atom. The van der Waals surface area contributed by atoms with Gasteiger partial charge in [0, 0.05) is 26.2 Å². The van der Waals surface area contributed by atoms with E-state index >= 15 is 0 Å². The summed E-state index contributed by atoms with van der Waals surface area (Å²) < 4.78 is 7.47. The van der Waals surface area contributed by atoms with Crippen LogP contribution in [0.5, 0.6) is 5.75 Å². The highest BCUT2D eigenvalue weighted by atomic mass is 16.5. The third kappa shape index (κ3) is 3.43. The van der Waals surface area contributed by atoms with Crippen molar-refractivity contribution in [3.63, 3.8) is 0 Å². The molecule has 2 aliphatic rings. The van der Waals surface area contributed by atoms with Crippen LogP contribution in [0.25, 0.3) is 5.69 Å². The van der Waals surface area contributed by atoms with Crippen LogP contribution >= 0.6 is 0 Å². The highest BCUT2D eigenvalue weighted by Crippen LogP contribution is 2.28. The van der Waals surface area contributed by atoms with Crippen LogP contribution < -0.4 is 10.1 Å². The summed E-state index contributed by atoms with van der Waals surface area (Å²) in [6, 6.07) is 7.75. The smallest absolute Gasteiger partial charge is 0.276 e. The first kappa shape index (κ1) is 18.0. The van der Waals surface area contributed by atoms with Gasteiger partial charge in [-0.15, -0.1) is 5.10 Å². The zero-order valence-corrected chi connectivity index (χ0v) is 16.2. The summed E-state index contributed by atoms with van der Waals surface area (Å²) in [5, 5.41) is 11.9. The number of carbonyl (C=O) groups excluding carboxylic acids is 1. The van der Waals surface area contributed by atoms with Crippen molar-refractivity contribution in [3.8, 4) is 11.4 Å². The quantitative estimate of drug-likeness (QED) is 0.872. The number of amides is 1. The van der Waals surface area contributed by atoms with Crippen LogP contribution in [0.15, 0.2) is 24.3 Å². The van der Waals surface area contributed by atoms with Gasteiger partial charge in [-0.25, -0.2) is 4.68 Å². The molecule has 1 aromatic carbocycles. The minimum Gasteiger partial charge on any atom is -0.491 e. The summed E-state index contributed by atoms with van der Waals surface area (Å²) in [7, 11) is 0. The number of hydrogen-bond acceptors (Lipinski definition) is 5. The minimum absolute atomic E-state index is 0.00672. The van der Waals surface area contributed by atoms with E-state index in [1.807, 2.05) is 49.9 Å². The van der Waals surface area contributed by atoms with E-state index in [-0.39, 0.29) is 12.0 Å². The number of benzene rings is 1. The van der Waals surface area contributed by atoms with Gasteiger partial charge in [-0.1, -0.05) is 12.1 Å². The highest BCUT2D eigenvalue weighted by Gasteiger charge is 2.39. The van der Waals surface area contributed by atoms with Crippen LogP contribution in [-0.4, -0.2) is 58.1 Å². The molecule has 0 unspecified atom stereocenters. The lowest BCUT2D eigenvalue weighted by atomic mass is 10.0. The number of ether oxygens (including phenoxy) is 1. The second kappa shape index (κ2) is 7.31. The van der Waals surface area contributed by atoms with Crippen molar-refractivity contribution >= 4 is 5.91 Å². The van der Waals surface area contributed by atoms with Crippen molar-refractivity contribution in [1.82, 2.24) is 25.2 Å². The first-order chi connectivity index (χ1) is 13.1. The first-order valence-electron chi connectivity index (χ1n) is 9.78. The maximum absolute atomic E-state index is 13.0. The molecular formula is C20H27N5O2. The Kier molecular flexibility index (Phi) is 4.86. The van der Waals surface area contributed by atoms with Gasteiger partial charge < -0.3 is 15.0 Å². The van der Waals surface area contributed by atoms with Crippen molar-refractivity contribution in [2.75, 3.05) is 26.2 Å². The van der Waals surface area contributed by atoms with E-state index in [0.29, 0.717) is 24.0 Å². The molecule has 144 valence electrons. The Labute approximate surface area is 159 Å². The lowest BCUT2D eigenvalue weighted by Crippen LogP contribution is -2.32. The van der Waals surface area contributed by atoms with Gasteiger partial charge in [-0.05, 0) is 56.4 Å². The third-order valence-electron chi connectivity index (χ3n) is 5.43. The largest absolute Gasteiger partial charge is 0.491 e. The molecule has 0 bridgehead atoms. The molecule has 0 aliphatic carbocycles. The fourth-order valence-electron chi connectivity index (χ4n) is 4.10. The number of aromatic nitrogens is 3. The third-order valence-corrected chi connectivity index (χ3v) is 5.43. The number of nitrogens with zero attached hydrogens (tertiary/aromatic N) is 4. The molecule has 0 radical (unpaired) electrons. The van der Waals surface area contributed by atoms with E-state index in [1.165, 1.54) is 0 Å². The van der Waals surface area contributed by atoms with Crippen LogP contribution in [0.4, 0.5) is 0 Å². The van der Waals surface area contributed by atoms with E-state index in [1.54, 1.807) is 4.68 Å². The molecule has 2 atom stereocenters. The van der Waals surface area contributed by atoms with E-state index < -0.39 is 0 Å². The number of carbonyl (C=O) groups is 1. The van der Waals surface area contributed by atoms with Crippen LogP contribution in [-0.2, 0) is 6.42 Å². The lowest BCUT2D eigenvalue weighted by Gasteiger charge is -2.17. The maximum Gasteiger partial charge on any atom is 0.276 e. The van der Waals surface area contributed by atoms with Gasteiger partial charge in [0.05, 0.1) is 17.5 Å². The molecule has 27 heavy (non-hydrogen) atoms. The highest BCUT2D eigenvalue weighted by molar-refractivity contribution is 5.93. The molecule has 0 spiro atoms. The molecule has 1 aromatic heterocycles. The molecule has 3 heterocycles. The topological polar surface area (TPSA) is 72.3 Å². The van der Waals surface area contributed by atoms with E-state index in [4.69, 9.17) is 4.74 Å². The molecule has 7 heteroatoms. The van der Waals surface area contributed by atoms with Gasteiger partial charge in [0.15, 0.2) is 5.69 Å². The number of likely N-dealkylation sites (tertiary alicyclic amines) is 1. The number of nitrogens with one attached hydrogen (secondary N) is 1. The van der Waals surface area contributed by atoms with Crippen LogP contribution in [0.3, 0.4) is 0 Å². The number of hydrogen-bond donors (Lipinski definition) is 1. The Hall–Kier alpha value is -2.41. The molecule has 2 aliphatic heterocycles. The summed E-state index contributed by atoms with van der Waals surface area (Å²) in [5.41, 5.74) is 2.22. The average molecular weight is 369 g/mol. The summed E-state index contributed by atoms with van der Waals surface area (Å²) in [4.78, 5) is 15.0. The normalized spacial score (nSPS) is 21.7. The van der Waals surface area contributed by atoms with Gasteiger partial charge in [0.2, 0.25) is 0 Å². The van der Waals surface area contributed by atoms with Crippen molar-refractivity contribution in [2.45, 2.75) is 33.3 Å². The zero-order valence-electron chi connectivity index (χ0n) is 16.2. The van der Waals surface area contributed by atoms with Crippen molar-refractivity contribution in [3.05, 3.63) is 35.7 Å². The number of rotatable bonds is 5. The monoisotopic (exact) mass is 369 g/mol. The fraction of sp³-hybridized carbons (Fsp3) is 0.550. The van der Waals surface area contributed by atoms with E-state index in [9.17, 15) is 4.79 Å². The van der Waals surface area contributed by atoms with Crippen molar-refractivity contribution < 1.29 is 9.53 Å². The van der Waals surface area contributed by atoms with Gasteiger partial charge in [0.25, 0.3) is 5.91 Å². The predicted octanol–water partition coefficient (Wildman–Crippen LogP) is 1.91. The molecular weight excluding hydrogens is 342 g/mol. The minimum atomic E-state index is 0.00672. The predicted molar refractivity (Wildman–Crippen MR) is 102 cm³/mol. The van der Waals surface area contributed by atoms with Crippen LogP contribution in [0, 0.1) is 11.8 Å². The summed E-state index contributed by atoms with van der Waals surface area (Å²) >= 11 is 0. The summed E-state index contributed by atoms with van der Waals surface area (Å²) in [6.45, 7) is 9.67. The van der Waals surface area contributed by atoms with Gasteiger partial charge in [-0.3, -0.25) is 4.79 Å². The van der Waals surface area contributed by atoms with Gasteiger partial charge >= 0.3 is 0 Å². The van der Waals surface area contributed by atoms with Crippen molar-refractivity contribution in [2.24, 2.45) is 11.8 Å². The average Bonchev–Trinajstić information content (AvgIpc) is 3.35. The SMILES string of the molecule is CCc1c(C(=O)N2C[C@H]3CNC[C@H]3C2)nnn1-c1ccc(OC(C)C)cc1. The fourth-order valence-corrected chi connectivity index (χ4v) is 4.10. The molecule has 0 saturated carbocycles. The molecule has 2 aromatic rings. The molecule has 2 fully saturated rings. The standard InChI is InChI=1S/C20H27N5O2/c1-4-18-19(20(26)24-11-14-9-21-10-15(14)12-24)22-23-25(18)16-5-7-17(8-6-16)27-13(2)3/h5-8,13-15,21H,4,9-12H2,1-3H3/t14-,15+. The second-order valence-corrected chi connectivity index (χ2v) is 7.70. The Morgan fingerprint density at radius 3 is 2.48 bits per heavy atom. The van der Waals surface area contributed by atoms with Gasteiger partial charge in [0.1, 0.15) is 5.75 Å². The molecule has 7 nitrogen and oxygen atoms in total. The Balaban J connectivity index is 1.56. The van der Waals surface area contributed by atoms with Crippen LogP contribution in [0.1, 0.15) is 37.0 Å². The maximum atomic E-state index is 13.0. The molecule has 4 rings (SSSR count). The van der Waals surface area contributed by atoms with Crippen LogP contribution in [0.2, 0.25) is 0 Å². The molecule has 1 amide bonds.